The molecule has 36 heavy (non-hydrogen) atoms. The van der Waals surface area contributed by atoms with E-state index in [2.05, 4.69) is 4.98 Å². The number of urea groups is 1. The highest BCUT2D eigenvalue weighted by atomic mass is 19.4. The Labute approximate surface area is 207 Å². The third-order valence-electron chi connectivity index (χ3n) is 8.41. The SMILES string of the molecule is O=C(N1CCC(C(F)(F)F)C1)N1CCC(O)(Cn2cnc(-c3ccccc3)cc2=O)C2(CCCC2)C1. The first-order chi connectivity index (χ1) is 17.1. The molecular formula is C26H31F3N4O3. The van der Waals surface area contributed by atoms with Crippen LogP contribution in [0.1, 0.15) is 38.5 Å². The van der Waals surface area contributed by atoms with E-state index >= 15 is 0 Å². The molecule has 2 saturated heterocycles. The Morgan fingerprint density at radius 1 is 1.08 bits per heavy atom. The van der Waals surface area contributed by atoms with Crippen LogP contribution in [0, 0.1) is 11.3 Å². The minimum Gasteiger partial charge on any atom is -0.387 e. The number of hydrogen-bond donors (Lipinski definition) is 1. The van der Waals surface area contributed by atoms with E-state index in [0.29, 0.717) is 18.5 Å². The molecule has 2 aliphatic heterocycles. The number of aromatic nitrogens is 2. The summed E-state index contributed by atoms with van der Waals surface area (Å²) in [7, 11) is 0. The molecule has 3 heterocycles. The van der Waals surface area contributed by atoms with Gasteiger partial charge in [-0.15, -0.1) is 0 Å². The van der Waals surface area contributed by atoms with Crippen LogP contribution in [-0.4, -0.2) is 68.4 Å². The summed E-state index contributed by atoms with van der Waals surface area (Å²) < 4.78 is 40.8. The Morgan fingerprint density at radius 3 is 2.44 bits per heavy atom. The highest BCUT2D eigenvalue weighted by Gasteiger charge is 2.56. The van der Waals surface area contributed by atoms with E-state index in [9.17, 15) is 27.9 Å². The number of carbonyl (C=O) groups excluding carboxylic acids is 1. The van der Waals surface area contributed by atoms with Crippen LogP contribution in [0.25, 0.3) is 11.3 Å². The molecule has 5 rings (SSSR count). The van der Waals surface area contributed by atoms with Crippen LogP contribution in [0.2, 0.25) is 0 Å². The molecule has 1 aromatic heterocycles. The highest BCUT2D eigenvalue weighted by Crippen LogP contribution is 2.51. The van der Waals surface area contributed by atoms with Crippen LogP contribution in [0.15, 0.2) is 47.5 Å². The van der Waals surface area contributed by atoms with E-state index in [4.69, 9.17) is 0 Å². The van der Waals surface area contributed by atoms with Gasteiger partial charge in [0.25, 0.3) is 5.56 Å². The van der Waals surface area contributed by atoms with Crippen molar-refractivity contribution in [2.75, 3.05) is 26.2 Å². The lowest BCUT2D eigenvalue weighted by molar-refractivity contribution is -0.170. The Hall–Kier alpha value is -2.88. The van der Waals surface area contributed by atoms with Crippen molar-refractivity contribution >= 4 is 6.03 Å². The average Bonchev–Trinajstić information content (AvgIpc) is 3.54. The summed E-state index contributed by atoms with van der Waals surface area (Å²) in [6.45, 7) is 0.348. The first-order valence-electron chi connectivity index (χ1n) is 12.6. The molecule has 7 nitrogen and oxygen atoms in total. The molecule has 2 aromatic rings. The molecule has 194 valence electrons. The summed E-state index contributed by atoms with van der Waals surface area (Å²) in [6, 6.07) is 10.4. The van der Waals surface area contributed by atoms with Gasteiger partial charge in [-0.05, 0) is 25.7 Å². The zero-order valence-electron chi connectivity index (χ0n) is 20.1. The first-order valence-corrected chi connectivity index (χ1v) is 12.6. The number of carbonyl (C=O) groups is 1. The van der Waals surface area contributed by atoms with Gasteiger partial charge in [-0.2, -0.15) is 13.2 Å². The van der Waals surface area contributed by atoms with Gasteiger partial charge in [0.1, 0.15) is 0 Å². The highest BCUT2D eigenvalue weighted by molar-refractivity contribution is 5.75. The molecule has 1 aromatic carbocycles. The van der Waals surface area contributed by atoms with Gasteiger partial charge in [-0.25, -0.2) is 9.78 Å². The fourth-order valence-electron chi connectivity index (χ4n) is 6.26. The second kappa shape index (κ2) is 9.21. The second-order valence-electron chi connectivity index (χ2n) is 10.6. The number of hydrogen-bond acceptors (Lipinski definition) is 4. The third kappa shape index (κ3) is 4.51. The monoisotopic (exact) mass is 504 g/mol. The van der Waals surface area contributed by atoms with Crippen molar-refractivity contribution in [2.24, 2.45) is 11.3 Å². The van der Waals surface area contributed by atoms with Gasteiger partial charge < -0.3 is 14.9 Å². The zero-order valence-corrected chi connectivity index (χ0v) is 20.1. The van der Waals surface area contributed by atoms with Gasteiger partial charge in [0.05, 0.1) is 30.1 Å². The average molecular weight is 505 g/mol. The predicted molar refractivity (Wildman–Crippen MR) is 127 cm³/mol. The maximum absolute atomic E-state index is 13.1. The molecule has 10 heteroatoms. The van der Waals surface area contributed by atoms with Crippen molar-refractivity contribution in [2.45, 2.75) is 56.8 Å². The molecule has 1 aliphatic carbocycles. The molecule has 0 radical (unpaired) electrons. The fourth-order valence-corrected chi connectivity index (χ4v) is 6.26. The first kappa shape index (κ1) is 24.8. The van der Waals surface area contributed by atoms with E-state index in [0.717, 1.165) is 18.4 Å². The lowest BCUT2D eigenvalue weighted by Crippen LogP contribution is -2.63. The smallest absolute Gasteiger partial charge is 0.387 e. The van der Waals surface area contributed by atoms with Crippen molar-refractivity contribution in [1.29, 1.82) is 0 Å². The van der Waals surface area contributed by atoms with Crippen molar-refractivity contribution in [3.8, 4) is 11.3 Å². The number of likely N-dealkylation sites (tertiary alicyclic amines) is 2. The maximum atomic E-state index is 13.1. The van der Waals surface area contributed by atoms with Crippen LogP contribution in [0.4, 0.5) is 18.0 Å². The molecule has 0 bridgehead atoms. The second-order valence-corrected chi connectivity index (χ2v) is 10.6. The largest absolute Gasteiger partial charge is 0.393 e. The molecule has 2 atom stereocenters. The van der Waals surface area contributed by atoms with E-state index in [1.807, 2.05) is 30.3 Å². The van der Waals surface area contributed by atoms with Crippen LogP contribution < -0.4 is 5.56 Å². The Morgan fingerprint density at radius 2 is 1.81 bits per heavy atom. The number of amides is 2. The lowest BCUT2D eigenvalue weighted by Gasteiger charge is -2.52. The van der Waals surface area contributed by atoms with Crippen molar-refractivity contribution in [3.63, 3.8) is 0 Å². The minimum atomic E-state index is -4.30. The number of piperidine rings is 1. The number of benzene rings is 1. The summed E-state index contributed by atoms with van der Waals surface area (Å²) >= 11 is 0. The molecule has 1 saturated carbocycles. The molecule has 1 N–H and O–H groups in total. The molecule has 2 amide bonds. The van der Waals surface area contributed by atoms with Gasteiger partial charge in [-0.1, -0.05) is 43.2 Å². The number of alkyl halides is 3. The number of aliphatic hydroxyl groups is 1. The van der Waals surface area contributed by atoms with Crippen LogP contribution in [0.5, 0.6) is 0 Å². The molecule has 3 fully saturated rings. The molecule has 1 spiro atoms. The van der Waals surface area contributed by atoms with Gasteiger partial charge in [-0.3, -0.25) is 9.36 Å². The van der Waals surface area contributed by atoms with E-state index in [-0.39, 0.29) is 57.2 Å². The summed E-state index contributed by atoms with van der Waals surface area (Å²) in [5.41, 5.74) is -0.711. The third-order valence-corrected chi connectivity index (χ3v) is 8.41. The van der Waals surface area contributed by atoms with E-state index in [1.165, 1.54) is 21.9 Å². The predicted octanol–water partition coefficient (Wildman–Crippen LogP) is 3.91. The quantitative estimate of drug-likeness (QED) is 0.688. The Kier molecular flexibility index (Phi) is 6.34. The maximum Gasteiger partial charge on any atom is 0.393 e. The van der Waals surface area contributed by atoms with Crippen molar-refractivity contribution in [1.82, 2.24) is 19.4 Å². The molecule has 2 unspecified atom stereocenters. The molecular weight excluding hydrogens is 473 g/mol. The van der Waals surface area contributed by atoms with Crippen LogP contribution in [0.3, 0.4) is 0 Å². The summed E-state index contributed by atoms with van der Waals surface area (Å²) in [5.74, 6) is -1.48. The lowest BCUT2D eigenvalue weighted by atomic mass is 9.66. The summed E-state index contributed by atoms with van der Waals surface area (Å²) in [5, 5.41) is 11.9. The molecule has 3 aliphatic rings. The van der Waals surface area contributed by atoms with Crippen molar-refractivity contribution in [3.05, 3.63) is 53.1 Å². The Bertz CT molecular complexity index is 1160. The van der Waals surface area contributed by atoms with Gasteiger partial charge >= 0.3 is 12.2 Å². The number of nitrogens with zero attached hydrogens (tertiary/aromatic N) is 4. The van der Waals surface area contributed by atoms with Crippen molar-refractivity contribution < 1.29 is 23.1 Å². The van der Waals surface area contributed by atoms with Crippen LogP contribution >= 0.6 is 0 Å². The van der Waals surface area contributed by atoms with Gasteiger partial charge in [0.2, 0.25) is 0 Å². The van der Waals surface area contributed by atoms with E-state index in [1.54, 1.807) is 4.90 Å². The standard InChI is InChI=1S/C26H31F3N4O3/c27-26(28,29)20-8-12-31(15-20)23(35)32-13-11-25(36,24(16-32)9-4-5-10-24)17-33-18-30-21(14-22(33)34)19-6-2-1-3-7-19/h1-3,6-7,14,18,20,36H,4-5,8-13,15-17H2. The number of halogens is 3. The normalized spacial score (nSPS) is 26.1. The van der Waals surface area contributed by atoms with Gasteiger partial charge in [0, 0.05) is 43.2 Å². The topological polar surface area (TPSA) is 78.7 Å². The fraction of sp³-hybridized carbons (Fsp3) is 0.577. The van der Waals surface area contributed by atoms with E-state index < -0.39 is 23.1 Å². The summed E-state index contributed by atoms with van der Waals surface area (Å²) in [4.78, 5) is 33.4. The van der Waals surface area contributed by atoms with Gasteiger partial charge in [0.15, 0.2) is 0 Å². The Balaban J connectivity index is 1.33. The van der Waals surface area contributed by atoms with Crippen LogP contribution in [-0.2, 0) is 6.54 Å². The minimum absolute atomic E-state index is 0.0653. The zero-order chi connectivity index (χ0) is 25.6. The number of rotatable bonds is 3. The summed E-state index contributed by atoms with van der Waals surface area (Å²) in [6.07, 6.45) is 0.515.